The molecule has 5 nitrogen and oxygen atoms in total. The van der Waals surface area contributed by atoms with E-state index in [1.54, 1.807) is 24.9 Å². The van der Waals surface area contributed by atoms with Gasteiger partial charge < -0.3 is 4.90 Å². The van der Waals surface area contributed by atoms with Gasteiger partial charge in [-0.25, -0.2) is 0 Å². The smallest absolute Gasteiger partial charge is 0.242 e. The first-order valence-electron chi connectivity index (χ1n) is 7.31. The highest BCUT2D eigenvalue weighted by Crippen LogP contribution is 2.22. The maximum Gasteiger partial charge on any atom is 0.242 e. The minimum atomic E-state index is -0.936. The van der Waals surface area contributed by atoms with Crippen LogP contribution in [0.2, 0.25) is 0 Å². The summed E-state index contributed by atoms with van der Waals surface area (Å²) in [6.07, 6.45) is 1.81. The van der Waals surface area contributed by atoms with Gasteiger partial charge in [-0.2, -0.15) is 5.26 Å². The fourth-order valence-electron chi connectivity index (χ4n) is 2.57. The molecular weight excluding hydrogens is 264 g/mol. The monoisotopic (exact) mass is 286 g/mol. The molecule has 5 heteroatoms. The highest BCUT2D eigenvalue weighted by Gasteiger charge is 2.34. The van der Waals surface area contributed by atoms with Gasteiger partial charge >= 0.3 is 0 Å². The molecule has 0 radical (unpaired) electrons. The summed E-state index contributed by atoms with van der Waals surface area (Å²) in [5.41, 5.74) is 0.115. The van der Waals surface area contributed by atoms with Crippen LogP contribution in [-0.2, 0) is 4.79 Å². The van der Waals surface area contributed by atoms with Crippen molar-refractivity contribution in [3.63, 3.8) is 0 Å². The largest absolute Gasteiger partial charge is 0.339 e. The van der Waals surface area contributed by atoms with Crippen LogP contribution in [0.3, 0.4) is 0 Å². The second kappa shape index (κ2) is 6.23. The average Bonchev–Trinajstić information content (AvgIpc) is 2.54. The number of nitriles is 1. The van der Waals surface area contributed by atoms with Crippen molar-refractivity contribution in [3.05, 3.63) is 30.1 Å². The van der Waals surface area contributed by atoms with Crippen molar-refractivity contribution < 1.29 is 4.79 Å². The van der Waals surface area contributed by atoms with Crippen LogP contribution in [0.1, 0.15) is 32.5 Å². The molecule has 21 heavy (non-hydrogen) atoms. The van der Waals surface area contributed by atoms with Gasteiger partial charge in [0.15, 0.2) is 0 Å². The lowest BCUT2D eigenvalue weighted by Crippen LogP contribution is -2.52. The van der Waals surface area contributed by atoms with Crippen LogP contribution in [0.5, 0.6) is 0 Å². The quantitative estimate of drug-likeness (QED) is 0.850. The predicted molar refractivity (Wildman–Crippen MR) is 80.2 cm³/mol. The lowest BCUT2D eigenvalue weighted by molar-refractivity contribution is -0.139. The fraction of sp³-hybridized carbons (Fsp3) is 0.562. The normalized spacial score (nSPS) is 18.1. The summed E-state index contributed by atoms with van der Waals surface area (Å²) in [6.45, 7) is 8.45. The van der Waals surface area contributed by atoms with E-state index >= 15 is 0 Å². The molecule has 0 unspecified atom stereocenters. The number of rotatable bonds is 3. The summed E-state index contributed by atoms with van der Waals surface area (Å²) in [5, 5.41) is 9.07. The minimum absolute atomic E-state index is 0.0739. The molecule has 0 saturated carbocycles. The van der Waals surface area contributed by atoms with E-state index in [1.807, 2.05) is 18.2 Å². The molecule has 1 aliphatic rings. The van der Waals surface area contributed by atoms with Crippen molar-refractivity contribution in [1.82, 2.24) is 14.8 Å². The zero-order chi connectivity index (χ0) is 15.5. The van der Waals surface area contributed by atoms with E-state index in [2.05, 4.69) is 22.9 Å². The van der Waals surface area contributed by atoms with E-state index in [0.29, 0.717) is 13.1 Å². The maximum atomic E-state index is 12.3. The number of nitrogens with zero attached hydrogens (tertiary/aromatic N) is 4. The topological polar surface area (TPSA) is 60.2 Å². The third-order valence-corrected chi connectivity index (χ3v) is 4.08. The van der Waals surface area contributed by atoms with Crippen LogP contribution < -0.4 is 0 Å². The van der Waals surface area contributed by atoms with Gasteiger partial charge in [-0.15, -0.1) is 0 Å². The number of carbonyl (C=O) groups excluding carboxylic acids is 1. The zero-order valence-corrected chi connectivity index (χ0v) is 12.9. The molecule has 1 atom stereocenters. The molecule has 1 amide bonds. The molecule has 0 bridgehead atoms. The SMILES string of the molecule is C[C@H](c1ccccn1)N1CCN(C(=O)C(C)(C)C#N)CC1. The van der Waals surface area contributed by atoms with E-state index in [-0.39, 0.29) is 11.9 Å². The Bertz CT molecular complexity index is 527. The van der Waals surface area contributed by atoms with Gasteiger partial charge in [0.1, 0.15) is 5.41 Å². The second-order valence-corrected chi connectivity index (χ2v) is 6.00. The number of carbonyl (C=O) groups is 1. The summed E-state index contributed by atoms with van der Waals surface area (Å²) in [7, 11) is 0. The molecular formula is C16H22N4O. The van der Waals surface area contributed by atoms with Gasteiger partial charge in [-0.05, 0) is 32.9 Å². The van der Waals surface area contributed by atoms with E-state index in [9.17, 15) is 4.79 Å². The van der Waals surface area contributed by atoms with Gasteiger partial charge in [0.05, 0.1) is 11.8 Å². The Labute approximate surface area is 126 Å². The van der Waals surface area contributed by atoms with Crippen molar-refractivity contribution in [2.24, 2.45) is 5.41 Å². The molecule has 2 rings (SSSR count). The molecule has 112 valence electrons. The van der Waals surface area contributed by atoms with E-state index < -0.39 is 5.41 Å². The Kier molecular flexibility index (Phi) is 4.59. The van der Waals surface area contributed by atoms with Crippen molar-refractivity contribution in [2.45, 2.75) is 26.8 Å². The van der Waals surface area contributed by atoms with Crippen molar-refractivity contribution >= 4 is 5.91 Å². The van der Waals surface area contributed by atoms with Crippen LogP contribution in [-0.4, -0.2) is 46.9 Å². The zero-order valence-electron chi connectivity index (χ0n) is 12.9. The first-order valence-corrected chi connectivity index (χ1v) is 7.31. The van der Waals surface area contributed by atoms with Gasteiger partial charge in [-0.3, -0.25) is 14.7 Å². The van der Waals surface area contributed by atoms with Gasteiger partial charge in [0, 0.05) is 38.4 Å². The predicted octanol–water partition coefficient (Wildman–Crippen LogP) is 1.84. The molecule has 0 aliphatic carbocycles. The van der Waals surface area contributed by atoms with Crippen LogP contribution >= 0.6 is 0 Å². The summed E-state index contributed by atoms with van der Waals surface area (Å²) in [4.78, 5) is 20.8. The number of pyridine rings is 1. The first kappa shape index (κ1) is 15.5. The molecule has 1 aromatic rings. The summed E-state index contributed by atoms with van der Waals surface area (Å²) < 4.78 is 0. The second-order valence-electron chi connectivity index (χ2n) is 6.00. The Morgan fingerprint density at radius 2 is 2.00 bits per heavy atom. The van der Waals surface area contributed by atoms with E-state index in [1.165, 1.54) is 0 Å². The summed E-state index contributed by atoms with van der Waals surface area (Å²) in [6, 6.07) is 8.26. The van der Waals surface area contributed by atoms with Gasteiger partial charge in [0.2, 0.25) is 5.91 Å². The number of piperazine rings is 1. The third-order valence-electron chi connectivity index (χ3n) is 4.08. The van der Waals surface area contributed by atoms with Crippen LogP contribution in [0.15, 0.2) is 24.4 Å². The highest BCUT2D eigenvalue weighted by molar-refractivity contribution is 5.84. The Morgan fingerprint density at radius 1 is 1.33 bits per heavy atom. The van der Waals surface area contributed by atoms with Crippen molar-refractivity contribution in [1.29, 1.82) is 5.26 Å². The molecule has 0 spiro atoms. The molecule has 2 heterocycles. The molecule has 0 N–H and O–H groups in total. The van der Waals surface area contributed by atoms with E-state index in [4.69, 9.17) is 5.26 Å². The third kappa shape index (κ3) is 3.40. The Hall–Kier alpha value is -1.93. The fourth-order valence-corrected chi connectivity index (χ4v) is 2.57. The lowest BCUT2D eigenvalue weighted by atomic mass is 9.93. The van der Waals surface area contributed by atoms with E-state index in [0.717, 1.165) is 18.8 Å². The van der Waals surface area contributed by atoms with Crippen molar-refractivity contribution in [3.8, 4) is 6.07 Å². The van der Waals surface area contributed by atoms with Crippen LogP contribution in [0.4, 0.5) is 0 Å². The number of hydrogen-bond acceptors (Lipinski definition) is 4. The molecule has 1 fully saturated rings. The molecule has 0 aromatic carbocycles. The number of aromatic nitrogens is 1. The number of amides is 1. The Morgan fingerprint density at radius 3 is 2.52 bits per heavy atom. The minimum Gasteiger partial charge on any atom is -0.339 e. The molecule has 1 aromatic heterocycles. The standard InChI is InChI=1S/C16H22N4O/c1-13(14-6-4-5-7-18-14)19-8-10-20(11-9-19)15(21)16(2,3)12-17/h4-7,13H,8-11H2,1-3H3/t13-/m1/s1. The number of hydrogen-bond donors (Lipinski definition) is 0. The van der Waals surface area contributed by atoms with Crippen LogP contribution in [0, 0.1) is 16.7 Å². The highest BCUT2D eigenvalue weighted by atomic mass is 16.2. The molecule has 1 saturated heterocycles. The van der Waals surface area contributed by atoms with Gasteiger partial charge in [-0.1, -0.05) is 6.07 Å². The van der Waals surface area contributed by atoms with Crippen LogP contribution in [0.25, 0.3) is 0 Å². The lowest BCUT2D eigenvalue weighted by Gasteiger charge is -2.39. The summed E-state index contributed by atoms with van der Waals surface area (Å²) in [5.74, 6) is -0.0739. The maximum absolute atomic E-state index is 12.3. The van der Waals surface area contributed by atoms with Gasteiger partial charge in [0.25, 0.3) is 0 Å². The average molecular weight is 286 g/mol. The first-order chi connectivity index (χ1) is 9.95. The molecule has 1 aliphatic heterocycles. The Balaban J connectivity index is 1.95. The van der Waals surface area contributed by atoms with Crippen molar-refractivity contribution in [2.75, 3.05) is 26.2 Å². The summed E-state index contributed by atoms with van der Waals surface area (Å²) >= 11 is 0.